The topological polar surface area (TPSA) is 315 Å². The fraction of sp³-hybridized carbons (Fsp3) is 0.577. The third-order valence-corrected chi connectivity index (χ3v) is 29.9. The molecule has 6 aliphatic carbocycles. The number of ketones is 3. The van der Waals surface area contributed by atoms with E-state index in [2.05, 4.69) is 39.8 Å². The van der Waals surface area contributed by atoms with Crippen molar-refractivity contribution in [3.05, 3.63) is 216 Å². The summed E-state index contributed by atoms with van der Waals surface area (Å²) >= 11 is 48.3. The highest BCUT2D eigenvalue weighted by atomic mass is 35.5. The Morgan fingerprint density at radius 1 is 0.338 bits per heavy atom. The highest BCUT2D eigenvalue weighted by molar-refractivity contribution is 6.61. The van der Waals surface area contributed by atoms with Gasteiger partial charge in [0.1, 0.15) is 41.7 Å². The predicted octanol–water partition coefficient (Wildman–Crippen LogP) is 28.4. The second-order valence-electron chi connectivity index (χ2n) is 35.2. The van der Waals surface area contributed by atoms with Gasteiger partial charge in [-0.2, -0.15) is 0 Å². The Hall–Kier alpha value is -7.63. The number of allylic oxidation sites excluding steroid dienone is 4. The number of alkyl halides is 8. The van der Waals surface area contributed by atoms with E-state index >= 15 is 0 Å². The Morgan fingerprint density at radius 3 is 0.978 bits per heavy atom. The quantitative estimate of drug-likeness (QED) is 0.00924. The van der Waals surface area contributed by atoms with E-state index < -0.39 is 47.8 Å². The van der Waals surface area contributed by atoms with Crippen molar-refractivity contribution in [1.29, 1.82) is 0 Å². The number of hydrogen-bond donors (Lipinski definition) is 4. The number of rotatable bonds is 46. The number of aliphatic carboxylic acids is 3. The molecule has 11 rings (SSSR count). The summed E-state index contributed by atoms with van der Waals surface area (Å²) in [5, 5.41) is 34.0. The summed E-state index contributed by atoms with van der Waals surface area (Å²) in [7, 11) is 0. The number of esters is 5. The van der Waals surface area contributed by atoms with Gasteiger partial charge in [0.25, 0.3) is 0 Å². The molecule has 0 aliphatic heterocycles. The summed E-state index contributed by atoms with van der Waals surface area (Å²) in [6.45, 7) is 19.7. The average Bonchev–Trinajstić information content (AvgIpc) is 0.748. The van der Waals surface area contributed by atoms with Crippen LogP contribution in [0.25, 0.3) is 0 Å². The normalized spacial score (nSPS) is 22.8. The molecule has 0 radical (unpaired) electrons. The number of carboxylic acid groups (broad SMARTS) is 3. The fourth-order valence-corrected chi connectivity index (χ4v) is 20.3. The number of halogens is 8. The van der Waals surface area contributed by atoms with Crippen LogP contribution in [0.2, 0.25) is 0 Å². The molecule has 5 aromatic rings. The number of ether oxygens (including phenoxy) is 5. The molecule has 0 aromatic heterocycles. The third kappa shape index (κ3) is 45.9. The maximum absolute atomic E-state index is 11.9. The number of carboxylic acids is 3. The fourth-order valence-electron chi connectivity index (χ4n) is 17.1. The Bertz CT molecular complexity index is 4350. The van der Waals surface area contributed by atoms with Gasteiger partial charge < -0.3 is 44.1 Å². The molecule has 139 heavy (non-hydrogen) atoms. The minimum absolute atomic E-state index is 0. The number of carbonyl (C=O) groups excluding carboxylic acids is 8. The molecule has 776 valence electrons. The van der Waals surface area contributed by atoms with Crippen molar-refractivity contribution in [3.63, 3.8) is 0 Å². The molecule has 0 amide bonds. The lowest BCUT2D eigenvalue weighted by molar-refractivity contribution is -0.151. The number of hydrogen-bond acceptors (Lipinski definition) is 17. The van der Waals surface area contributed by atoms with E-state index in [0.29, 0.717) is 63.1 Å². The monoisotopic (exact) mass is 2090 g/mol. The van der Waals surface area contributed by atoms with E-state index in [0.717, 1.165) is 66.3 Å². The van der Waals surface area contributed by atoms with Crippen molar-refractivity contribution >= 4 is 158 Å². The zero-order valence-corrected chi connectivity index (χ0v) is 86.4. The van der Waals surface area contributed by atoms with Crippen LogP contribution in [0, 0.1) is 76.9 Å². The number of aliphatic hydroxyl groups is 1. The molecular weight excluding hydrogens is 1940 g/mol. The summed E-state index contributed by atoms with van der Waals surface area (Å²) in [5.74, 6) is -3.69. The van der Waals surface area contributed by atoms with E-state index in [9.17, 15) is 57.8 Å². The molecule has 4 N–H and O–H groups in total. The summed E-state index contributed by atoms with van der Waals surface area (Å²) in [6, 6.07) is 47.8. The standard InChI is InChI=1S/C19H28O2.C16H20Cl2O2.C15H18Cl2O3.C15H16Cl2O3.C15H17ClO3.C12H22O2.C8H11ClO3.C8H12O2.3CH4/c1-2-3-4-5-6-7-8-9-13-16-19(20)21-17-18-14-11-10-12-15-18;1-3-13-11(2)16(17,18)14(13)9-15(19)20-10-12-7-5-4-6-8-12;2*1-2-11-12(15(16,17)14(11)19)8-13(18)20-9-10-6-4-3-5-7-10;1-2-11-12(14(16)15(11)18)8-13(17)19-9-10-6-4-3-5-7-10;1-2-3-4-5-6-7-8-9-10-11-12(13)14;1-2-4-5(3-6(10)11)7(9)8(4)12;1-2-6-3-4-7(6)5-8(9)10;;;/h9-15H,2-8,16-17H2,1H3;4-8,11,13-14H,3,9-10H2,1-2H3;3-7,11-12,14,19H,2,8-9H2,1H3;3-7,11-12H,2,8-9H2,1H3;3-7,11-12,14H,2,8-9H2,1H3;9-10H,2-8,11H2,1H3,(H,13,14);4-5,7H,2-3H2,1H3,(H,10,11);3-4,6-7H,2,5H2,1H3,(H,9,10);3*1H4/b13-9+;;;;;10-9+;;;;;/t;11?,13-,14+;11-,12-,14?;11-,12-;11-,12-,14?;;4-,5-,7?;6-,7+;;;/m.0111.10.../s1. The third-order valence-electron chi connectivity index (χ3n) is 25.6. The number of aliphatic hydroxyl groups excluding tert-OH is 1. The molecule has 28 heteroatoms. The van der Waals surface area contributed by atoms with Crippen LogP contribution in [-0.2, 0) is 109 Å². The second-order valence-corrected chi connectivity index (χ2v) is 40.5. The molecule has 0 spiro atoms. The molecule has 0 heterocycles. The van der Waals surface area contributed by atoms with E-state index in [-0.39, 0.29) is 181 Å². The minimum atomic E-state index is -1.44. The molecule has 6 aliphatic rings. The number of unbranched alkanes of at least 4 members (excludes halogenated alkanes) is 12. The lowest BCUT2D eigenvalue weighted by Gasteiger charge is -2.53. The van der Waals surface area contributed by atoms with Crippen LogP contribution in [0.5, 0.6) is 0 Å². The van der Waals surface area contributed by atoms with E-state index in [1.165, 1.54) is 77.0 Å². The zero-order chi connectivity index (χ0) is 101. The lowest BCUT2D eigenvalue weighted by atomic mass is 9.62. The van der Waals surface area contributed by atoms with Gasteiger partial charge in [0.2, 0.25) is 0 Å². The van der Waals surface area contributed by atoms with Gasteiger partial charge in [0.05, 0.1) is 68.2 Å². The number of benzene rings is 5. The first-order valence-corrected chi connectivity index (χ1v) is 51.4. The van der Waals surface area contributed by atoms with Crippen molar-refractivity contribution in [2.75, 3.05) is 0 Å². The Labute approximate surface area is 868 Å². The first-order valence-electron chi connectivity index (χ1n) is 48.3. The number of carbonyl (C=O) groups is 11. The van der Waals surface area contributed by atoms with Crippen LogP contribution in [-0.4, -0.2) is 115 Å². The molecule has 4 unspecified atom stereocenters. The molecular formula is C111H156Cl8O20. The van der Waals surface area contributed by atoms with Crippen molar-refractivity contribution in [2.24, 2.45) is 76.9 Å². The summed E-state index contributed by atoms with van der Waals surface area (Å²) in [5.41, 5.74) is 4.82. The van der Waals surface area contributed by atoms with Gasteiger partial charge >= 0.3 is 47.8 Å². The molecule has 16 atom stereocenters. The van der Waals surface area contributed by atoms with Crippen LogP contribution in [0.4, 0.5) is 0 Å². The molecule has 5 aromatic carbocycles. The summed E-state index contributed by atoms with van der Waals surface area (Å²) in [4.78, 5) is 124. The molecule has 0 bridgehead atoms. The van der Waals surface area contributed by atoms with Crippen molar-refractivity contribution in [2.45, 2.75) is 327 Å². The van der Waals surface area contributed by atoms with Gasteiger partial charge in [-0.05, 0) is 109 Å². The maximum Gasteiger partial charge on any atom is 0.309 e. The van der Waals surface area contributed by atoms with E-state index in [1.54, 1.807) is 6.08 Å². The minimum Gasteiger partial charge on any atom is -0.481 e. The summed E-state index contributed by atoms with van der Waals surface area (Å²) in [6.07, 6.45) is 35.2. The van der Waals surface area contributed by atoms with Gasteiger partial charge in [-0.3, -0.25) is 52.7 Å². The Morgan fingerprint density at radius 2 is 0.655 bits per heavy atom. The summed E-state index contributed by atoms with van der Waals surface area (Å²) < 4.78 is 22.6. The SMILES string of the molecule is C.C.C.CCCCCCCC/C=C/CC(=O)O.CCCCCCCC/C=C/CC(=O)OCc1ccccc1.CC[C@H]1C(=O)C(Cl)(Cl)[C@@H]1CC(=O)OCc1ccccc1.CC[C@H]1C(=O)C(Cl)[C@@H]1CC(=O)O.CC[C@H]1C(=O)C(Cl)[C@@H]1CC(=O)OCc1ccccc1.CC[C@H]1C(C)C(Cl)(Cl)[C@@H]1CC(=O)OCc1ccccc1.CC[C@H]1C(O)C(Cl)(Cl)[C@@H]1CC(=O)OCc1ccccc1.CC[C@H]1C=C[C@@H]1CC(=O)O. The Balaban J connectivity index is 0.000000799. The van der Waals surface area contributed by atoms with Crippen LogP contribution in [0.1, 0.15) is 292 Å². The first-order chi connectivity index (χ1) is 64.9. The van der Waals surface area contributed by atoms with Crippen molar-refractivity contribution in [1.82, 2.24) is 0 Å². The molecule has 0 saturated heterocycles. The largest absolute Gasteiger partial charge is 0.481 e. The van der Waals surface area contributed by atoms with Crippen LogP contribution < -0.4 is 0 Å². The van der Waals surface area contributed by atoms with Gasteiger partial charge in [-0.15, -0.1) is 46.4 Å². The van der Waals surface area contributed by atoms with Gasteiger partial charge in [-0.1, -0.05) is 396 Å². The maximum atomic E-state index is 11.9. The van der Waals surface area contributed by atoms with E-state index in [4.69, 9.17) is 132 Å². The van der Waals surface area contributed by atoms with Crippen LogP contribution in [0.15, 0.2) is 188 Å². The molecule has 5 fully saturated rings. The Kier molecular flexibility index (Phi) is 66.0. The number of Topliss-reactive ketones (excluding diaryl/α,β-unsaturated/α-hetero) is 3. The van der Waals surface area contributed by atoms with E-state index in [1.807, 2.05) is 205 Å². The van der Waals surface area contributed by atoms with Gasteiger partial charge in [0.15, 0.2) is 21.7 Å². The first kappa shape index (κ1) is 129. The van der Waals surface area contributed by atoms with Gasteiger partial charge in [-0.25, -0.2) is 0 Å². The molecule has 5 saturated carbocycles. The zero-order valence-electron chi connectivity index (χ0n) is 80.3. The highest BCUT2D eigenvalue weighted by Crippen LogP contribution is 2.59. The highest BCUT2D eigenvalue weighted by Gasteiger charge is 2.62. The van der Waals surface area contributed by atoms with Crippen molar-refractivity contribution < 1.29 is 96.9 Å². The second kappa shape index (κ2) is 70.9. The van der Waals surface area contributed by atoms with Crippen LogP contribution >= 0.6 is 92.8 Å². The van der Waals surface area contributed by atoms with Crippen LogP contribution in [0.3, 0.4) is 0 Å². The lowest BCUT2D eigenvalue weighted by Crippen LogP contribution is -2.60. The van der Waals surface area contributed by atoms with Crippen molar-refractivity contribution in [3.8, 4) is 0 Å². The average molecular weight is 2090 g/mol. The van der Waals surface area contributed by atoms with Gasteiger partial charge in [0, 0.05) is 47.3 Å². The molecule has 20 nitrogen and oxygen atoms in total. The predicted molar refractivity (Wildman–Crippen MR) is 561 cm³/mol. The smallest absolute Gasteiger partial charge is 0.309 e.